The van der Waals surface area contributed by atoms with E-state index in [4.69, 9.17) is 5.73 Å². The van der Waals surface area contributed by atoms with Crippen LogP contribution in [0.15, 0.2) is 18.2 Å². The number of carbonyl (C=O) groups is 1. The number of carbonyl (C=O) groups excluding carboxylic acids is 1. The van der Waals surface area contributed by atoms with Crippen LogP contribution in [0.4, 0.5) is 0 Å². The van der Waals surface area contributed by atoms with Crippen LogP contribution in [-0.4, -0.2) is 42.5 Å². The van der Waals surface area contributed by atoms with Crippen LogP contribution in [-0.2, 0) is 13.0 Å². The molecule has 5 heteroatoms. The van der Waals surface area contributed by atoms with Crippen LogP contribution in [0.1, 0.15) is 21.6 Å². The van der Waals surface area contributed by atoms with Crippen molar-refractivity contribution in [2.45, 2.75) is 13.0 Å². The molecule has 5 nitrogen and oxygen atoms in total. The lowest BCUT2D eigenvalue weighted by molar-refractivity contribution is 0.0956. The Bertz CT molecular complexity index is 647. The Balaban J connectivity index is 2.05. The van der Waals surface area contributed by atoms with E-state index in [1.807, 2.05) is 12.1 Å². The van der Waals surface area contributed by atoms with E-state index in [0.29, 0.717) is 18.7 Å². The van der Waals surface area contributed by atoms with E-state index >= 15 is 0 Å². The normalized spacial score (nSPS) is 15.3. The predicted molar refractivity (Wildman–Crippen MR) is 79.7 cm³/mol. The molecule has 0 unspecified atom stereocenters. The van der Waals surface area contributed by atoms with E-state index < -0.39 is 0 Å². The van der Waals surface area contributed by atoms with Gasteiger partial charge in [0, 0.05) is 43.7 Å². The highest BCUT2D eigenvalue weighted by Gasteiger charge is 2.20. The van der Waals surface area contributed by atoms with E-state index in [1.54, 1.807) is 0 Å². The molecule has 2 aromatic rings. The second-order valence-electron chi connectivity index (χ2n) is 5.34. The van der Waals surface area contributed by atoms with Gasteiger partial charge in [0.05, 0.1) is 11.1 Å². The number of hydrogen-bond donors (Lipinski definition) is 3. The standard InChI is InChI=1S/C15H20N4O/c1-19-8-5-13-12(9-19)10-3-2-4-11(14(10)18-13)15(20)17-7-6-16/h2-4,18H,5-9,16H2,1H3,(H,17,20). The third-order valence-electron chi connectivity index (χ3n) is 3.88. The summed E-state index contributed by atoms with van der Waals surface area (Å²) in [7, 11) is 2.12. The molecule has 1 aromatic carbocycles. The fraction of sp³-hybridized carbons (Fsp3) is 0.400. The quantitative estimate of drug-likeness (QED) is 0.775. The van der Waals surface area contributed by atoms with Crippen molar-refractivity contribution in [1.82, 2.24) is 15.2 Å². The van der Waals surface area contributed by atoms with Crippen LogP contribution in [0.3, 0.4) is 0 Å². The van der Waals surface area contributed by atoms with Gasteiger partial charge in [0.25, 0.3) is 5.91 Å². The minimum absolute atomic E-state index is 0.0620. The third kappa shape index (κ3) is 2.19. The first-order chi connectivity index (χ1) is 9.70. The summed E-state index contributed by atoms with van der Waals surface area (Å²) in [6, 6.07) is 5.89. The first-order valence-electron chi connectivity index (χ1n) is 7.00. The number of likely N-dealkylation sites (N-methyl/N-ethyl adjacent to an activating group) is 1. The number of aromatic amines is 1. The molecule has 0 saturated heterocycles. The molecule has 0 bridgehead atoms. The first kappa shape index (κ1) is 13.1. The Morgan fingerprint density at radius 3 is 3.15 bits per heavy atom. The Morgan fingerprint density at radius 1 is 1.50 bits per heavy atom. The number of nitrogens with one attached hydrogen (secondary N) is 2. The zero-order valence-electron chi connectivity index (χ0n) is 11.7. The number of H-pyrrole nitrogens is 1. The number of fused-ring (bicyclic) bond motifs is 3. The molecule has 0 atom stereocenters. The summed E-state index contributed by atoms with van der Waals surface area (Å²) in [5, 5.41) is 3.99. The van der Waals surface area contributed by atoms with Crippen LogP contribution in [0.2, 0.25) is 0 Å². The number of rotatable bonds is 3. The maximum Gasteiger partial charge on any atom is 0.253 e. The fourth-order valence-corrected chi connectivity index (χ4v) is 2.84. The molecule has 0 aliphatic carbocycles. The summed E-state index contributed by atoms with van der Waals surface area (Å²) in [4.78, 5) is 17.9. The zero-order chi connectivity index (χ0) is 14.1. The molecule has 4 N–H and O–H groups in total. The molecule has 1 aliphatic heterocycles. The van der Waals surface area contributed by atoms with Crippen molar-refractivity contribution in [3.05, 3.63) is 35.0 Å². The maximum atomic E-state index is 12.2. The molecule has 1 aromatic heterocycles. The van der Waals surface area contributed by atoms with Gasteiger partial charge in [-0.2, -0.15) is 0 Å². The van der Waals surface area contributed by atoms with E-state index in [0.717, 1.165) is 30.4 Å². The largest absolute Gasteiger partial charge is 0.357 e. The number of amides is 1. The molecule has 0 saturated carbocycles. The summed E-state index contributed by atoms with van der Waals surface area (Å²) in [5.41, 5.74) is 9.67. The van der Waals surface area contributed by atoms with Gasteiger partial charge in [0.15, 0.2) is 0 Å². The highest BCUT2D eigenvalue weighted by Crippen LogP contribution is 2.29. The summed E-state index contributed by atoms with van der Waals surface area (Å²) < 4.78 is 0. The number of aromatic nitrogens is 1. The third-order valence-corrected chi connectivity index (χ3v) is 3.88. The first-order valence-corrected chi connectivity index (χ1v) is 7.00. The predicted octanol–water partition coefficient (Wildman–Crippen LogP) is 0.844. The number of benzene rings is 1. The van der Waals surface area contributed by atoms with E-state index in [1.165, 1.54) is 11.3 Å². The second kappa shape index (κ2) is 5.26. The summed E-state index contributed by atoms with van der Waals surface area (Å²) in [6.07, 6.45) is 1.00. The van der Waals surface area contributed by atoms with Crippen LogP contribution in [0.25, 0.3) is 10.9 Å². The van der Waals surface area contributed by atoms with E-state index in [-0.39, 0.29) is 5.91 Å². The molecule has 0 radical (unpaired) electrons. The Kier molecular flexibility index (Phi) is 3.46. The van der Waals surface area contributed by atoms with Crippen LogP contribution < -0.4 is 11.1 Å². The van der Waals surface area contributed by atoms with Crippen molar-refractivity contribution in [1.29, 1.82) is 0 Å². The Hall–Kier alpha value is -1.85. The highest BCUT2D eigenvalue weighted by molar-refractivity contribution is 6.06. The average molecular weight is 272 g/mol. The van der Waals surface area contributed by atoms with Gasteiger partial charge >= 0.3 is 0 Å². The number of hydrogen-bond acceptors (Lipinski definition) is 3. The van der Waals surface area contributed by atoms with Gasteiger partial charge in [-0.25, -0.2) is 0 Å². The van der Waals surface area contributed by atoms with Gasteiger partial charge in [0.1, 0.15) is 0 Å². The fourth-order valence-electron chi connectivity index (χ4n) is 2.84. The maximum absolute atomic E-state index is 12.2. The van der Waals surface area contributed by atoms with Crippen molar-refractivity contribution in [2.24, 2.45) is 5.73 Å². The van der Waals surface area contributed by atoms with E-state index in [2.05, 4.69) is 28.3 Å². The molecular weight excluding hydrogens is 252 g/mol. The van der Waals surface area contributed by atoms with E-state index in [9.17, 15) is 4.79 Å². The minimum atomic E-state index is -0.0620. The van der Waals surface area contributed by atoms with Crippen LogP contribution in [0.5, 0.6) is 0 Å². The van der Waals surface area contributed by atoms with Crippen LogP contribution in [0, 0.1) is 0 Å². The smallest absolute Gasteiger partial charge is 0.253 e. The average Bonchev–Trinajstić information content (AvgIpc) is 2.82. The zero-order valence-corrected chi connectivity index (χ0v) is 11.7. The van der Waals surface area contributed by atoms with Crippen molar-refractivity contribution >= 4 is 16.8 Å². The lowest BCUT2D eigenvalue weighted by Gasteiger charge is -2.22. The van der Waals surface area contributed by atoms with Gasteiger partial charge in [0.2, 0.25) is 0 Å². The summed E-state index contributed by atoms with van der Waals surface area (Å²) in [5.74, 6) is -0.0620. The van der Waals surface area contributed by atoms with Crippen LogP contribution >= 0.6 is 0 Å². The minimum Gasteiger partial charge on any atom is -0.357 e. The SMILES string of the molecule is CN1CCc2[nH]c3c(C(=O)NCCN)cccc3c2C1. The van der Waals surface area contributed by atoms with Gasteiger partial charge in [-0.05, 0) is 18.7 Å². The van der Waals surface area contributed by atoms with Crippen molar-refractivity contribution in [2.75, 3.05) is 26.7 Å². The molecular formula is C15H20N4O. The monoisotopic (exact) mass is 272 g/mol. The van der Waals surface area contributed by atoms with Gasteiger partial charge < -0.3 is 20.9 Å². The molecule has 2 heterocycles. The molecule has 106 valence electrons. The van der Waals surface area contributed by atoms with Crippen molar-refractivity contribution < 1.29 is 4.79 Å². The lowest BCUT2D eigenvalue weighted by Crippen LogP contribution is -2.29. The lowest BCUT2D eigenvalue weighted by atomic mass is 10.0. The molecule has 20 heavy (non-hydrogen) atoms. The van der Waals surface area contributed by atoms with Gasteiger partial charge in [-0.1, -0.05) is 12.1 Å². The van der Waals surface area contributed by atoms with Gasteiger partial charge in [-0.15, -0.1) is 0 Å². The van der Waals surface area contributed by atoms with Gasteiger partial charge in [-0.3, -0.25) is 4.79 Å². The van der Waals surface area contributed by atoms with Crippen molar-refractivity contribution in [3.8, 4) is 0 Å². The molecule has 1 amide bonds. The summed E-state index contributed by atoms with van der Waals surface area (Å²) >= 11 is 0. The Morgan fingerprint density at radius 2 is 2.35 bits per heavy atom. The summed E-state index contributed by atoms with van der Waals surface area (Å²) in [6.45, 7) is 2.93. The Labute approximate surface area is 118 Å². The highest BCUT2D eigenvalue weighted by atomic mass is 16.1. The second-order valence-corrected chi connectivity index (χ2v) is 5.34. The molecule has 0 spiro atoms. The number of para-hydroxylation sites is 1. The number of nitrogens with zero attached hydrogens (tertiary/aromatic N) is 1. The molecule has 1 aliphatic rings. The molecule has 3 rings (SSSR count). The van der Waals surface area contributed by atoms with Crippen molar-refractivity contribution in [3.63, 3.8) is 0 Å². The molecule has 0 fully saturated rings. The topological polar surface area (TPSA) is 74.2 Å². The number of nitrogens with two attached hydrogens (primary N) is 1.